The van der Waals surface area contributed by atoms with Gasteiger partial charge in [0.1, 0.15) is 0 Å². The predicted molar refractivity (Wildman–Crippen MR) is 128 cm³/mol. The minimum Gasteiger partial charge on any atom is -0.352 e. The predicted octanol–water partition coefficient (Wildman–Crippen LogP) is 3.40. The van der Waals surface area contributed by atoms with Gasteiger partial charge in [0, 0.05) is 57.3 Å². The van der Waals surface area contributed by atoms with Gasteiger partial charge in [0.05, 0.1) is 11.3 Å². The van der Waals surface area contributed by atoms with Gasteiger partial charge in [-0.3, -0.25) is 14.5 Å². The standard InChI is InChI=1S/C25H31ClN4O2/c26-21-9-10-22(23(18-21)30-13-4-8-24(30)31)25(32)27-11-5-12-28-14-16-29(17-15-28)19-20-6-2-1-3-7-20/h1-3,6-7,9-10,18H,4-5,8,11-17,19H2,(H,27,32). The maximum Gasteiger partial charge on any atom is 0.253 e. The van der Waals surface area contributed by atoms with Crippen LogP contribution in [0.15, 0.2) is 48.5 Å². The Bertz CT molecular complexity index is 929. The van der Waals surface area contributed by atoms with Gasteiger partial charge in [0.2, 0.25) is 5.91 Å². The molecule has 32 heavy (non-hydrogen) atoms. The van der Waals surface area contributed by atoms with Crippen LogP contribution in [0.25, 0.3) is 0 Å². The molecule has 2 aliphatic rings. The number of carbonyl (C=O) groups is 2. The van der Waals surface area contributed by atoms with Gasteiger partial charge in [-0.05, 0) is 43.1 Å². The zero-order valence-corrected chi connectivity index (χ0v) is 19.2. The molecule has 0 unspecified atom stereocenters. The third-order valence-corrected chi connectivity index (χ3v) is 6.45. The van der Waals surface area contributed by atoms with Crippen molar-refractivity contribution in [3.8, 4) is 0 Å². The normalized spacial score (nSPS) is 17.7. The molecule has 2 fully saturated rings. The Morgan fingerprint density at radius 3 is 2.44 bits per heavy atom. The first kappa shape index (κ1) is 22.8. The van der Waals surface area contributed by atoms with Crippen LogP contribution in [-0.4, -0.2) is 67.4 Å². The molecule has 0 atom stereocenters. The highest BCUT2D eigenvalue weighted by molar-refractivity contribution is 6.31. The van der Waals surface area contributed by atoms with Gasteiger partial charge < -0.3 is 15.1 Å². The Hall–Kier alpha value is -2.41. The number of hydrogen-bond acceptors (Lipinski definition) is 4. The lowest BCUT2D eigenvalue weighted by Gasteiger charge is -2.34. The van der Waals surface area contributed by atoms with E-state index < -0.39 is 0 Å². The molecule has 7 heteroatoms. The number of nitrogens with zero attached hydrogens (tertiary/aromatic N) is 3. The second-order valence-corrected chi connectivity index (χ2v) is 8.96. The Labute approximate surface area is 195 Å². The van der Waals surface area contributed by atoms with Crippen LogP contribution in [0, 0.1) is 0 Å². The number of rotatable bonds is 8. The van der Waals surface area contributed by atoms with Crippen LogP contribution in [0.4, 0.5) is 5.69 Å². The van der Waals surface area contributed by atoms with Crippen LogP contribution < -0.4 is 10.2 Å². The molecule has 1 N–H and O–H groups in total. The average Bonchev–Trinajstić information content (AvgIpc) is 3.24. The van der Waals surface area contributed by atoms with E-state index in [1.54, 1.807) is 23.1 Å². The fourth-order valence-electron chi connectivity index (χ4n) is 4.44. The van der Waals surface area contributed by atoms with Crippen molar-refractivity contribution in [2.45, 2.75) is 25.8 Å². The first-order valence-corrected chi connectivity index (χ1v) is 11.8. The molecule has 2 aromatic rings. The molecule has 0 aromatic heterocycles. The number of carbonyl (C=O) groups excluding carboxylic acids is 2. The van der Waals surface area contributed by atoms with Crippen molar-refractivity contribution in [2.24, 2.45) is 0 Å². The molecular formula is C25H31ClN4O2. The maximum atomic E-state index is 12.8. The van der Waals surface area contributed by atoms with Gasteiger partial charge in [0.15, 0.2) is 0 Å². The number of halogens is 1. The van der Waals surface area contributed by atoms with Crippen LogP contribution >= 0.6 is 11.6 Å². The molecule has 2 amide bonds. The molecule has 4 rings (SSSR count). The minimum atomic E-state index is -0.149. The monoisotopic (exact) mass is 454 g/mol. The van der Waals surface area contributed by atoms with Crippen molar-refractivity contribution < 1.29 is 9.59 Å². The summed E-state index contributed by atoms with van der Waals surface area (Å²) in [5.41, 5.74) is 2.49. The first-order chi connectivity index (χ1) is 15.6. The van der Waals surface area contributed by atoms with E-state index >= 15 is 0 Å². The second-order valence-electron chi connectivity index (χ2n) is 8.52. The molecule has 0 aliphatic carbocycles. The number of amides is 2. The third kappa shape index (κ3) is 5.88. The minimum absolute atomic E-state index is 0.0488. The SMILES string of the molecule is O=C(NCCCN1CCN(Cc2ccccc2)CC1)c1ccc(Cl)cc1N1CCCC1=O. The Balaban J connectivity index is 1.20. The fourth-order valence-corrected chi connectivity index (χ4v) is 4.60. The first-order valence-electron chi connectivity index (χ1n) is 11.5. The topological polar surface area (TPSA) is 55.9 Å². The van der Waals surface area contributed by atoms with Crippen LogP contribution in [-0.2, 0) is 11.3 Å². The summed E-state index contributed by atoms with van der Waals surface area (Å²) in [6.07, 6.45) is 2.23. The summed E-state index contributed by atoms with van der Waals surface area (Å²) in [7, 11) is 0. The van der Waals surface area contributed by atoms with Gasteiger partial charge in [-0.2, -0.15) is 0 Å². The lowest BCUT2D eigenvalue weighted by Crippen LogP contribution is -2.46. The molecule has 2 heterocycles. The Kier molecular flexibility index (Phi) is 7.79. The summed E-state index contributed by atoms with van der Waals surface area (Å²) in [6.45, 7) is 7.47. The molecule has 0 spiro atoms. The highest BCUT2D eigenvalue weighted by Gasteiger charge is 2.26. The van der Waals surface area contributed by atoms with Crippen molar-refractivity contribution >= 4 is 29.1 Å². The smallest absolute Gasteiger partial charge is 0.253 e. The highest BCUT2D eigenvalue weighted by Crippen LogP contribution is 2.28. The fraction of sp³-hybridized carbons (Fsp3) is 0.440. The third-order valence-electron chi connectivity index (χ3n) is 6.22. The molecule has 2 aliphatic heterocycles. The number of piperazine rings is 1. The summed E-state index contributed by atoms with van der Waals surface area (Å²) >= 11 is 6.14. The molecule has 0 radical (unpaired) electrons. The lowest BCUT2D eigenvalue weighted by atomic mass is 10.1. The summed E-state index contributed by atoms with van der Waals surface area (Å²) in [4.78, 5) is 31.6. The van der Waals surface area contributed by atoms with Gasteiger partial charge in [-0.25, -0.2) is 0 Å². The number of benzene rings is 2. The zero-order chi connectivity index (χ0) is 22.3. The van der Waals surface area contributed by atoms with Crippen LogP contribution in [0.2, 0.25) is 5.02 Å². The van der Waals surface area contributed by atoms with Crippen molar-refractivity contribution in [3.63, 3.8) is 0 Å². The van der Waals surface area contributed by atoms with Gasteiger partial charge in [-0.1, -0.05) is 41.9 Å². The van der Waals surface area contributed by atoms with Gasteiger partial charge in [-0.15, -0.1) is 0 Å². The van der Waals surface area contributed by atoms with Crippen LogP contribution in [0.3, 0.4) is 0 Å². The second kappa shape index (κ2) is 10.9. The molecular weight excluding hydrogens is 424 g/mol. The van der Waals surface area contributed by atoms with E-state index in [2.05, 4.69) is 45.4 Å². The summed E-state index contributed by atoms with van der Waals surface area (Å²) < 4.78 is 0. The lowest BCUT2D eigenvalue weighted by molar-refractivity contribution is -0.117. The largest absolute Gasteiger partial charge is 0.352 e. The summed E-state index contributed by atoms with van der Waals surface area (Å²) in [5, 5.41) is 3.55. The van der Waals surface area contributed by atoms with E-state index in [0.717, 1.165) is 52.1 Å². The van der Waals surface area contributed by atoms with Crippen molar-refractivity contribution in [2.75, 3.05) is 50.7 Å². The van der Waals surface area contributed by atoms with Gasteiger partial charge in [0.25, 0.3) is 5.91 Å². The van der Waals surface area contributed by atoms with E-state index in [1.807, 2.05) is 0 Å². The van der Waals surface area contributed by atoms with E-state index in [4.69, 9.17) is 11.6 Å². The number of nitrogens with one attached hydrogen (secondary N) is 1. The van der Waals surface area contributed by atoms with Crippen LogP contribution in [0.1, 0.15) is 35.2 Å². The quantitative estimate of drug-likeness (QED) is 0.621. The molecule has 2 aromatic carbocycles. The van der Waals surface area contributed by atoms with E-state index in [1.165, 1.54) is 5.56 Å². The van der Waals surface area contributed by atoms with Crippen molar-refractivity contribution in [1.82, 2.24) is 15.1 Å². The average molecular weight is 455 g/mol. The highest BCUT2D eigenvalue weighted by atomic mass is 35.5. The molecule has 0 bridgehead atoms. The number of anilines is 1. The summed E-state index contributed by atoms with van der Waals surface area (Å²) in [6, 6.07) is 15.7. The van der Waals surface area contributed by atoms with Crippen molar-refractivity contribution in [3.05, 3.63) is 64.7 Å². The Morgan fingerprint density at radius 2 is 1.72 bits per heavy atom. The van der Waals surface area contributed by atoms with Crippen LogP contribution in [0.5, 0.6) is 0 Å². The Morgan fingerprint density at radius 1 is 0.969 bits per heavy atom. The molecule has 2 saturated heterocycles. The van der Waals surface area contributed by atoms with Gasteiger partial charge >= 0.3 is 0 Å². The molecule has 6 nitrogen and oxygen atoms in total. The number of hydrogen-bond donors (Lipinski definition) is 1. The molecule has 0 saturated carbocycles. The summed E-state index contributed by atoms with van der Waals surface area (Å²) in [5.74, 6) is -0.100. The van der Waals surface area contributed by atoms with Crippen molar-refractivity contribution in [1.29, 1.82) is 0 Å². The van der Waals surface area contributed by atoms with E-state index in [9.17, 15) is 9.59 Å². The van der Waals surface area contributed by atoms with E-state index in [-0.39, 0.29) is 11.8 Å². The molecule has 170 valence electrons. The van der Waals surface area contributed by atoms with E-state index in [0.29, 0.717) is 35.8 Å². The maximum absolute atomic E-state index is 12.8. The zero-order valence-electron chi connectivity index (χ0n) is 18.4.